The van der Waals surface area contributed by atoms with Crippen LogP contribution in [0.5, 0.6) is 0 Å². The average molecular weight is 477 g/mol. The molecule has 3 aromatic rings. The van der Waals surface area contributed by atoms with Crippen LogP contribution in [0.15, 0.2) is 59.1 Å². The first-order valence-corrected chi connectivity index (χ1v) is 12.3. The summed E-state index contributed by atoms with van der Waals surface area (Å²) in [6.45, 7) is 6.00. The monoisotopic (exact) mass is 476 g/mol. The van der Waals surface area contributed by atoms with Gasteiger partial charge in [-0.05, 0) is 75.5 Å². The molecule has 3 aromatic carbocycles. The van der Waals surface area contributed by atoms with Gasteiger partial charge in [-0.15, -0.1) is 0 Å². The van der Waals surface area contributed by atoms with E-state index in [0.717, 1.165) is 43.4 Å². The minimum absolute atomic E-state index is 0.287. The molecule has 0 heterocycles. The number of fused-ring (bicyclic) bond motifs is 2. The Kier molecular flexibility index (Phi) is 6.01. The Labute approximate surface area is 193 Å². The third kappa shape index (κ3) is 4.11. The van der Waals surface area contributed by atoms with Crippen molar-refractivity contribution >= 4 is 15.9 Å². The van der Waals surface area contributed by atoms with Gasteiger partial charge in [0.25, 0.3) is 0 Å². The molecule has 0 amide bonds. The molecule has 2 nitrogen and oxygen atoms in total. The summed E-state index contributed by atoms with van der Waals surface area (Å²) in [6.07, 6.45) is 4.76. The lowest BCUT2D eigenvalue weighted by molar-refractivity contribution is 0.0373. The largest absolute Gasteiger partial charge is 0.373 e. The molecule has 2 unspecified atom stereocenters. The van der Waals surface area contributed by atoms with Crippen LogP contribution in [0.3, 0.4) is 0 Å². The summed E-state index contributed by atoms with van der Waals surface area (Å²) in [7, 11) is 0. The second-order valence-electron chi connectivity index (χ2n) is 8.68. The van der Waals surface area contributed by atoms with Gasteiger partial charge >= 0.3 is 0 Å². The van der Waals surface area contributed by atoms with Crippen molar-refractivity contribution in [2.45, 2.75) is 51.7 Å². The molecular formula is C28H29BrO2. The lowest BCUT2D eigenvalue weighted by Gasteiger charge is -2.31. The van der Waals surface area contributed by atoms with Crippen LogP contribution in [0.1, 0.15) is 61.2 Å². The highest BCUT2D eigenvalue weighted by molar-refractivity contribution is 9.10. The van der Waals surface area contributed by atoms with Gasteiger partial charge in [0.15, 0.2) is 0 Å². The highest BCUT2D eigenvalue weighted by Crippen LogP contribution is 2.41. The first kappa shape index (κ1) is 20.9. The molecular weight excluding hydrogens is 448 g/mol. The summed E-state index contributed by atoms with van der Waals surface area (Å²) in [4.78, 5) is 0. The minimum Gasteiger partial charge on any atom is -0.373 e. The van der Waals surface area contributed by atoms with Crippen LogP contribution in [0.25, 0.3) is 22.3 Å². The normalized spacial score (nSPS) is 18.7. The predicted molar refractivity (Wildman–Crippen MR) is 130 cm³/mol. The fourth-order valence-electron chi connectivity index (χ4n) is 4.65. The van der Waals surface area contributed by atoms with Crippen molar-refractivity contribution in [2.24, 2.45) is 0 Å². The van der Waals surface area contributed by atoms with E-state index in [9.17, 15) is 0 Å². The Morgan fingerprint density at radius 3 is 1.58 bits per heavy atom. The summed E-state index contributed by atoms with van der Waals surface area (Å²) in [5, 5.41) is 0. The molecule has 0 saturated carbocycles. The van der Waals surface area contributed by atoms with E-state index in [1.807, 2.05) is 0 Å². The van der Waals surface area contributed by atoms with Crippen LogP contribution >= 0.6 is 15.9 Å². The molecule has 31 heavy (non-hydrogen) atoms. The first-order valence-electron chi connectivity index (χ1n) is 11.5. The van der Waals surface area contributed by atoms with Crippen LogP contribution in [0.2, 0.25) is 0 Å². The van der Waals surface area contributed by atoms with Gasteiger partial charge in [0, 0.05) is 30.5 Å². The van der Waals surface area contributed by atoms with Crippen molar-refractivity contribution in [1.82, 2.24) is 0 Å². The van der Waals surface area contributed by atoms with Crippen LogP contribution in [-0.2, 0) is 22.3 Å². The molecule has 0 aromatic heterocycles. The zero-order valence-electron chi connectivity index (χ0n) is 18.3. The number of halogens is 1. The summed E-state index contributed by atoms with van der Waals surface area (Å²) in [5.41, 5.74) is 10.6. The van der Waals surface area contributed by atoms with Gasteiger partial charge in [-0.3, -0.25) is 0 Å². The first-order chi connectivity index (χ1) is 15.2. The SMILES string of the molecule is CCCOC1Cc2cc(-c3cc(Br)cc(-c4ccc5c(c4)CC5OCCC)c3)ccc21. The van der Waals surface area contributed by atoms with Crippen LogP contribution < -0.4 is 0 Å². The average Bonchev–Trinajstić information content (AvgIpc) is 2.74. The van der Waals surface area contributed by atoms with E-state index in [1.54, 1.807) is 0 Å². The molecule has 160 valence electrons. The van der Waals surface area contributed by atoms with E-state index in [4.69, 9.17) is 9.47 Å². The second kappa shape index (κ2) is 8.90. The maximum atomic E-state index is 5.93. The van der Waals surface area contributed by atoms with Crippen LogP contribution in [0, 0.1) is 0 Å². The fourth-order valence-corrected chi connectivity index (χ4v) is 5.14. The van der Waals surface area contributed by atoms with Crippen molar-refractivity contribution in [2.75, 3.05) is 13.2 Å². The summed E-state index contributed by atoms with van der Waals surface area (Å²) >= 11 is 3.74. The van der Waals surface area contributed by atoms with Gasteiger partial charge in [0.1, 0.15) is 0 Å². The molecule has 3 heteroatoms. The molecule has 0 radical (unpaired) electrons. The van der Waals surface area contributed by atoms with Crippen molar-refractivity contribution < 1.29 is 9.47 Å². The van der Waals surface area contributed by atoms with Gasteiger partial charge < -0.3 is 9.47 Å². The number of benzene rings is 3. The molecule has 2 atom stereocenters. The third-order valence-corrected chi connectivity index (χ3v) is 6.86. The Morgan fingerprint density at radius 1 is 0.677 bits per heavy atom. The predicted octanol–water partition coefficient (Wildman–Crippen LogP) is 7.83. The van der Waals surface area contributed by atoms with Gasteiger partial charge in [0.05, 0.1) is 12.2 Å². The van der Waals surface area contributed by atoms with E-state index >= 15 is 0 Å². The maximum absolute atomic E-state index is 5.93. The number of rotatable bonds is 8. The quantitative estimate of drug-likeness (QED) is 0.329. The van der Waals surface area contributed by atoms with Gasteiger partial charge in [-0.2, -0.15) is 0 Å². The van der Waals surface area contributed by atoms with Crippen molar-refractivity contribution in [3.05, 3.63) is 81.3 Å². The summed E-state index contributed by atoms with van der Waals surface area (Å²) in [6, 6.07) is 20.4. The molecule has 0 fully saturated rings. The Bertz CT molecular complexity index is 1020. The molecule has 0 aliphatic heterocycles. The number of hydrogen-bond donors (Lipinski definition) is 0. The second-order valence-corrected chi connectivity index (χ2v) is 9.60. The molecule has 2 aliphatic rings. The van der Waals surface area contributed by atoms with E-state index in [1.165, 1.54) is 44.5 Å². The van der Waals surface area contributed by atoms with E-state index in [2.05, 4.69) is 84.4 Å². The summed E-state index contributed by atoms with van der Waals surface area (Å²) in [5.74, 6) is 0. The lowest BCUT2D eigenvalue weighted by atomic mass is 9.82. The standard InChI is InChI=1S/C28H29BrO2/c1-3-9-30-27-16-22-11-18(5-7-25(22)27)20-13-21(15-24(29)14-20)19-6-8-26-23(12-19)17-28(26)31-10-4-2/h5-8,11-15,27-28H,3-4,9-10,16-17H2,1-2H3. The van der Waals surface area contributed by atoms with Crippen molar-refractivity contribution in [3.63, 3.8) is 0 Å². The van der Waals surface area contributed by atoms with Crippen LogP contribution in [-0.4, -0.2) is 13.2 Å². The molecule has 0 N–H and O–H groups in total. The van der Waals surface area contributed by atoms with Crippen molar-refractivity contribution in [1.29, 1.82) is 0 Å². The Morgan fingerprint density at radius 2 is 1.16 bits per heavy atom. The third-order valence-electron chi connectivity index (χ3n) is 6.40. The molecule has 0 saturated heterocycles. The highest BCUT2D eigenvalue weighted by atomic mass is 79.9. The highest BCUT2D eigenvalue weighted by Gasteiger charge is 2.28. The minimum atomic E-state index is 0.287. The van der Waals surface area contributed by atoms with Gasteiger partial charge in [-0.1, -0.05) is 66.2 Å². The van der Waals surface area contributed by atoms with E-state index < -0.39 is 0 Å². The van der Waals surface area contributed by atoms with Gasteiger partial charge in [-0.25, -0.2) is 0 Å². The summed E-state index contributed by atoms with van der Waals surface area (Å²) < 4.78 is 13.0. The van der Waals surface area contributed by atoms with Crippen LogP contribution in [0.4, 0.5) is 0 Å². The maximum Gasteiger partial charge on any atom is 0.0868 e. The zero-order chi connectivity index (χ0) is 21.4. The Hall–Kier alpha value is -1.94. The molecule has 5 rings (SSSR count). The number of ether oxygens (including phenoxy) is 2. The number of hydrogen-bond acceptors (Lipinski definition) is 2. The molecule has 0 spiro atoms. The molecule has 0 bridgehead atoms. The topological polar surface area (TPSA) is 18.5 Å². The fraction of sp³-hybridized carbons (Fsp3) is 0.357. The lowest BCUT2D eigenvalue weighted by Crippen LogP contribution is -2.20. The molecule has 2 aliphatic carbocycles. The zero-order valence-corrected chi connectivity index (χ0v) is 19.9. The Balaban J connectivity index is 1.38. The smallest absolute Gasteiger partial charge is 0.0868 e. The van der Waals surface area contributed by atoms with Crippen molar-refractivity contribution in [3.8, 4) is 22.3 Å². The van der Waals surface area contributed by atoms with Gasteiger partial charge in [0.2, 0.25) is 0 Å². The van der Waals surface area contributed by atoms with E-state index in [0.29, 0.717) is 0 Å². The van der Waals surface area contributed by atoms with E-state index in [-0.39, 0.29) is 12.2 Å².